The summed E-state index contributed by atoms with van der Waals surface area (Å²) in [7, 11) is -3.75. The van der Waals surface area contributed by atoms with Crippen molar-refractivity contribution in [2.45, 2.75) is 20.8 Å². The standard InChI is InChI=1S/C10H15O5P/c1-4-13-16(12,14-5-2)10(11)9-7-6-8(3)15-9/h6-7H,4-5H2,1-3H3. The highest BCUT2D eigenvalue weighted by Gasteiger charge is 2.37. The first-order chi connectivity index (χ1) is 7.53. The number of aryl methyl sites for hydroxylation is 1. The molecule has 1 aromatic rings. The minimum absolute atomic E-state index is 0.00253. The molecule has 1 heterocycles. The monoisotopic (exact) mass is 246 g/mol. The van der Waals surface area contributed by atoms with Crippen LogP contribution < -0.4 is 0 Å². The normalized spacial score (nSPS) is 11.7. The number of hydrogen-bond donors (Lipinski definition) is 0. The Balaban J connectivity index is 2.95. The molecule has 0 aliphatic rings. The van der Waals surface area contributed by atoms with Gasteiger partial charge >= 0.3 is 13.1 Å². The second-order valence-electron chi connectivity index (χ2n) is 3.05. The number of carbonyl (C=O) groups excluding carboxylic acids is 1. The molecule has 1 aromatic heterocycles. The molecule has 0 saturated carbocycles. The lowest BCUT2D eigenvalue weighted by atomic mass is 10.4. The van der Waals surface area contributed by atoms with Gasteiger partial charge in [-0.2, -0.15) is 0 Å². The molecule has 0 aliphatic carbocycles. The van der Waals surface area contributed by atoms with Crippen LogP contribution in [0.4, 0.5) is 0 Å². The van der Waals surface area contributed by atoms with Gasteiger partial charge in [0.2, 0.25) is 0 Å². The van der Waals surface area contributed by atoms with Crippen LogP contribution in [0.15, 0.2) is 16.5 Å². The summed E-state index contributed by atoms with van der Waals surface area (Å²) in [6.07, 6.45) is 0. The van der Waals surface area contributed by atoms with Crippen molar-refractivity contribution in [3.8, 4) is 0 Å². The maximum Gasteiger partial charge on any atom is 0.404 e. The van der Waals surface area contributed by atoms with Gasteiger partial charge in [-0.15, -0.1) is 0 Å². The molecule has 0 fully saturated rings. The van der Waals surface area contributed by atoms with Gasteiger partial charge in [-0.05, 0) is 32.9 Å². The highest BCUT2D eigenvalue weighted by molar-refractivity contribution is 7.72. The number of hydrogen-bond acceptors (Lipinski definition) is 5. The van der Waals surface area contributed by atoms with Gasteiger partial charge in [0.25, 0.3) is 0 Å². The van der Waals surface area contributed by atoms with E-state index >= 15 is 0 Å². The van der Waals surface area contributed by atoms with E-state index in [1.54, 1.807) is 26.8 Å². The largest absolute Gasteiger partial charge is 0.458 e. The predicted octanol–water partition coefficient (Wildman–Crippen LogP) is 2.99. The zero-order chi connectivity index (χ0) is 12.2. The van der Waals surface area contributed by atoms with E-state index in [-0.39, 0.29) is 19.0 Å². The molecule has 5 nitrogen and oxygen atoms in total. The van der Waals surface area contributed by atoms with E-state index in [1.807, 2.05) is 0 Å². The minimum Gasteiger partial charge on any atom is -0.458 e. The summed E-state index contributed by atoms with van der Waals surface area (Å²) in [5.41, 5.74) is -0.732. The molecule has 16 heavy (non-hydrogen) atoms. The minimum atomic E-state index is -3.75. The highest BCUT2D eigenvalue weighted by atomic mass is 31.2. The fourth-order valence-electron chi connectivity index (χ4n) is 1.18. The molecule has 90 valence electrons. The summed E-state index contributed by atoms with van der Waals surface area (Å²) in [5.74, 6) is 0.575. The zero-order valence-corrected chi connectivity index (χ0v) is 10.5. The van der Waals surface area contributed by atoms with E-state index in [0.717, 1.165) is 0 Å². The molecule has 0 bridgehead atoms. The van der Waals surface area contributed by atoms with Crippen LogP contribution in [-0.2, 0) is 13.6 Å². The molecular formula is C10H15O5P. The van der Waals surface area contributed by atoms with Crippen LogP contribution in [0.5, 0.6) is 0 Å². The van der Waals surface area contributed by atoms with Crippen molar-refractivity contribution in [2.24, 2.45) is 0 Å². The smallest absolute Gasteiger partial charge is 0.404 e. The molecule has 0 radical (unpaired) electrons. The maximum absolute atomic E-state index is 12.1. The van der Waals surface area contributed by atoms with Crippen LogP contribution in [0.2, 0.25) is 0 Å². The van der Waals surface area contributed by atoms with Gasteiger partial charge < -0.3 is 13.5 Å². The Labute approximate surface area is 94.3 Å². The van der Waals surface area contributed by atoms with Crippen molar-refractivity contribution >= 4 is 13.1 Å². The zero-order valence-electron chi connectivity index (χ0n) is 9.56. The third kappa shape index (κ3) is 2.82. The quantitative estimate of drug-likeness (QED) is 0.722. The lowest BCUT2D eigenvalue weighted by molar-refractivity contribution is 0.0975. The summed E-state index contributed by atoms with van der Waals surface area (Å²) < 4.78 is 27.0. The van der Waals surface area contributed by atoms with Crippen LogP contribution in [0, 0.1) is 6.92 Å². The lowest BCUT2D eigenvalue weighted by Gasteiger charge is -2.13. The molecule has 1 rings (SSSR count). The lowest BCUT2D eigenvalue weighted by Crippen LogP contribution is -2.06. The van der Waals surface area contributed by atoms with Crippen LogP contribution in [0.25, 0.3) is 0 Å². The van der Waals surface area contributed by atoms with Crippen LogP contribution in [0.1, 0.15) is 30.2 Å². The van der Waals surface area contributed by atoms with Gasteiger partial charge in [-0.3, -0.25) is 9.36 Å². The van der Waals surface area contributed by atoms with Crippen LogP contribution in [-0.4, -0.2) is 18.7 Å². The van der Waals surface area contributed by atoms with Crippen LogP contribution >= 0.6 is 7.60 Å². The highest BCUT2D eigenvalue weighted by Crippen LogP contribution is 2.51. The topological polar surface area (TPSA) is 65.7 Å². The van der Waals surface area contributed by atoms with Crippen molar-refractivity contribution in [2.75, 3.05) is 13.2 Å². The number of furan rings is 1. The molecule has 0 atom stereocenters. The van der Waals surface area contributed by atoms with Crippen molar-refractivity contribution < 1.29 is 22.8 Å². The van der Waals surface area contributed by atoms with Gasteiger partial charge in [-0.1, -0.05) is 0 Å². The second-order valence-corrected chi connectivity index (χ2v) is 4.97. The van der Waals surface area contributed by atoms with Crippen molar-refractivity contribution in [1.82, 2.24) is 0 Å². The molecular weight excluding hydrogens is 231 g/mol. The molecule has 0 saturated heterocycles. The van der Waals surface area contributed by atoms with E-state index in [4.69, 9.17) is 13.5 Å². The Morgan fingerprint density at radius 2 is 1.88 bits per heavy atom. The van der Waals surface area contributed by atoms with Crippen LogP contribution in [0.3, 0.4) is 0 Å². The summed E-state index contributed by atoms with van der Waals surface area (Å²) in [5, 5.41) is 0. The van der Waals surface area contributed by atoms with Crippen molar-refractivity contribution in [3.63, 3.8) is 0 Å². The van der Waals surface area contributed by atoms with Crippen molar-refractivity contribution in [3.05, 3.63) is 23.7 Å². The molecule has 6 heteroatoms. The van der Waals surface area contributed by atoms with E-state index < -0.39 is 13.1 Å². The number of carbonyl (C=O) groups is 1. The van der Waals surface area contributed by atoms with Gasteiger partial charge in [0.1, 0.15) is 5.76 Å². The first kappa shape index (κ1) is 13.2. The first-order valence-corrected chi connectivity index (χ1v) is 6.58. The van der Waals surface area contributed by atoms with E-state index in [0.29, 0.717) is 5.76 Å². The molecule has 0 unspecified atom stereocenters. The van der Waals surface area contributed by atoms with Gasteiger partial charge in [0.15, 0.2) is 5.76 Å². The van der Waals surface area contributed by atoms with E-state index in [1.165, 1.54) is 6.07 Å². The average Bonchev–Trinajstić information content (AvgIpc) is 2.64. The fraction of sp³-hybridized carbons (Fsp3) is 0.500. The average molecular weight is 246 g/mol. The second kappa shape index (κ2) is 5.43. The Morgan fingerprint density at radius 1 is 1.31 bits per heavy atom. The Kier molecular flexibility index (Phi) is 4.47. The Hall–Kier alpha value is -0.900. The van der Waals surface area contributed by atoms with Gasteiger partial charge in [-0.25, -0.2) is 0 Å². The van der Waals surface area contributed by atoms with Crippen molar-refractivity contribution in [1.29, 1.82) is 0 Å². The Morgan fingerprint density at radius 3 is 2.25 bits per heavy atom. The summed E-state index contributed by atoms with van der Waals surface area (Å²) >= 11 is 0. The third-order valence-electron chi connectivity index (χ3n) is 1.80. The third-order valence-corrected chi connectivity index (χ3v) is 3.71. The molecule has 0 aromatic carbocycles. The first-order valence-electron chi connectivity index (χ1n) is 5.04. The van der Waals surface area contributed by atoms with E-state index in [2.05, 4.69) is 0 Å². The predicted molar refractivity (Wildman–Crippen MR) is 58.6 cm³/mol. The summed E-state index contributed by atoms with van der Waals surface area (Å²) in [6, 6.07) is 3.08. The fourth-order valence-corrected chi connectivity index (χ4v) is 2.56. The maximum atomic E-state index is 12.1. The number of rotatable bonds is 6. The molecule has 0 spiro atoms. The summed E-state index contributed by atoms with van der Waals surface area (Å²) in [4.78, 5) is 11.9. The van der Waals surface area contributed by atoms with Gasteiger partial charge in [0, 0.05) is 0 Å². The van der Waals surface area contributed by atoms with E-state index in [9.17, 15) is 9.36 Å². The molecule has 0 amide bonds. The Bertz CT molecular complexity index is 399. The summed E-state index contributed by atoms with van der Waals surface area (Å²) in [6.45, 7) is 5.27. The molecule has 0 aliphatic heterocycles. The van der Waals surface area contributed by atoms with Gasteiger partial charge in [0.05, 0.1) is 13.2 Å². The molecule has 0 N–H and O–H groups in total. The SMILES string of the molecule is CCOP(=O)(OCC)C(=O)c1ccc(C)o1.